The molecule has 1 aromatic rings. The summed E-state index contributed by atoms with van der Waals surface area (Å²) in [4.78, 5) is 23.4. The van der Waals surface area contributed by atoms with Gasteiger partial charge in [0.25, 0.3) is 0 Å². The van der Waals surface area contributed by atoms with Gasteiger partial charge in [0, 0.05) is 5.02 Å². The van der Waals surface area contributed by atoms with Gasteiger partial charge < -0.3 is 10.4 Å². The van der Waals surface area contributed by atoms with Crippen LogP contribution in [0.2, 0.25) is 5.02 Å². The van der Waals surface area contributed by atoms with Gasteiger partial charge in [-0.2, -0.15) is 0 Å². The fourth-order valence-corrected chi connectivity index (χ4v) is 2.98. The molecule has 1 unspecified atom stereocenters. The van der Waals surface area contributed by atoms with Crippen LogP contribution < -0.4 is 5.32 Å². The third-order valence-electron chi connectivity index (χ3n) is 4.05. The standard InChI is InChI=1S/C15H17ClFNO3/c16-11-5-3-10(4-6-11)15(7-1-2-8-15)14(21)18-12(9-17)13(19)20/h3-6,12H,1-2,7-9H2,(H,18,21)(H,19,20). The fraction of sp³-hybridized carbons (Fsp3) is 0.467. The van der Waals surface area contributed by atoms with E-state index >= 15 is 0 Å². The van der Waals surface area contributed by atoms with Crippen LogP contribution in [0.5, 0.6) is 0 Å². The Morgan fingerprint density at radius 1 is 1.29 bits per heavy atom. The molecule has 0 radical (unpaired) electrons. The first-order chi connectivity index (χ1) is 9.99. The lowest BCUT2D eigenvalue weighted by Gasteiger charge is -2.29. The average molecular weight is 314 g/mol. The first-order valence-electron chi connectivity index (χ1n) is 6.85. The second-order valence-electron chi connectivity index (χ2n) is 5.31. The Morgan fingerprint density at radius 2 is 1.86 bits per heavy atom. The summed E-state index contributed by atoms with van der Waals surface area (Å²) < 4.78 is 12.7. The molecule has 1 aliphatic carbocycles. The van der Waals surface area contributed by atoms with Crippen LogP contribution in [0.4, 0.5) is 4.39 Å². The molecular weight excluding hydrogens is 297 g/mol. The molecule has 2 rings (SSSR count). The van der Waals surface area contributed by atoms with Gasteiger partial charge in [0.05, 0.1) is 5.41 Å². The van der Waals surface area contributed by atoms with Crippen molar-refractivity contribution in [2.75, 3.05) is 6.67 Å². The Kier molecular flexibility index (Phi) is 4.83. The molecule has 0 aromatic heterocycles. The van der Waals surface area contributed by atoms with Crippen molar-refractivity contribution < 1.29 is 19.1 Å². The first-order valence-corrected chi connectivity index (χ1v) is 7.23. The maximum Gasteiger partial charge on any atom is 0.328 e. The quantitative estimate of drug-likeness (QED) is 0.878. The molecule has 114 valence electrons. The van der Waals surface area contributed by atoms with Gasteiger partial charge in [-0.25, -0.2) is 9.18 Å². The van der Waals surface area contributed by atoms with Crippen molar-refractivity contribution >= 4 is 23.5 Å². The molecule has 0 spiro atoms. The van der Waals surface area contributed by atoms with Crippen molar-refractivity contribution in [3.05, 3.63) is 34.9 Å². The summed E-state index contributed by atoms with van der Waals surface area (Å²) in [6.07, 6.45) is 3.00. The predicted octanol–water partition coefficient (Wildman–Crippen LogP) is 2.69. The summed E-state index contributed by atoms with van der Waals surface area (Å²) in [6.45, 7) is -1.13. The number of benzene rings is 1. The molecule has 0 bridgehead atoms. The minimum Gasteiger partial charge on any atom is -0.480 e. The molecule has 1 aliphatic rings. The van der Waals surface area contributed by atoms with Gasteiger partial charge in [0.15, 0.2) is 6.04 Å². The monoisotopic (exact) mass is 313 g/mol. The van der Waals surface area contributed by atoms with Gasteiger partial charge in [-0.3, -0.25) is 4.79 Å². The molecule has 1 amide bonds. The molecule has 6 heteroatoms. The largest absolute Gasteiger partial charge is 0.480 e. The molecule has 0 heterocycles. The van der Waals surface area contributed by atoms with Gasteiger partial charge in [0.2, 0.25) is 5.91 Å². The number of alkyl halides is 1. The van der Waals surface area contributed by atoms with Crippen molar-refractivity contribution in [2.45, 2.75) is 37.1 Å². The smallest absolute Gasteiger partial charge is 0.328 e. The summed E-state index contributed by atoms with van der Waals surface area (Å²) in [5, 5.41) is 11.8. The van der Waals surface area contributed by atoms with E-state index in [9.17, 15) is 14.0 Å². The molecule has 1 fully saturated rings. The van der Waals surface area contributed by atoms with Gasteiger partial charge in [-0.15, -0.1) is 0 Å². The van der Waals surface area contributed by atoms with Crippen LogP contribution in [-0.2, 0) is 15.0 Å². The SMILES string of the molecule is O=C(O)C(CF)NC(=O)C1(c2ccc(Cl)cc2)CCCC1. The number of carboxylic acid groups (broad SMARTS) is 1. The van der Waals surface area contributed by atoms with E-state index in [2.05, 4.69) is 5.32 Å². The lowest BCUT2D eigenvalue weighted by atomic mass is 9.78. The highest BCUT2D eigenvalue weighted by molar-refractivity contribution is 6.30. The van der Waals surface area contributed by atoms with Crippen molar-refractivity contribution in [1.29, 1.82) is 0 Å². The Bertz CT molecular complexity index is 526. The van der Waals surface area contributed by atoms with E-state index in [1.54, 1.807) is 24.3 Å². The molecule has 21 heavy (non-hydrogen) atoms. The maximum atomic E-state index is 12.7. The van der Waals surface area contributed by atoms with Crippen molar-refractivity contribution in [2.24, 2.45) is 0 Å². The normalized spacial score (nSPS) is 18.2. The van der Waals surface area contributed by atoms with E-state index in [4.69, 9.17) is 16.7 Å². The van der Waals surface area contributed by atoms with E-state index in [1.807, 2.05) is 0 Å². The third-order valence-corrected chi connectivity index (χ3v) is 4.30. The Labute approximate surface area is 127 Å². The topological polar surface area (TPSA) is 66.4 Å². The highest BCUT2D eigenvalue weighted by atomic mass is 35.5. The van der Waals surface area contributed by atoms with Gasteiger partial charge in [-0.05, 0) is 30.5 Å². The summed E-state index contributed by atoms with van der Waals surface area (Å²) in [6, 6.07) is 5.46. The lowest BCUT2D eigenvalue weighted by molar-refractivity contribution is -0.143. The molecule has 1 aromatic carbocycles. The van der Waals surface area contributed by atoms with Gasteiger partial charge >= 0.3 is 5.97 Å². The third kappa shape index (κ3) is 3.18. The van der Waals surface area contributed by atoms with E-state index in [1.165, 1.54) is 0 Å². The minimum absolute atomic E-state index is 0.424. The van der Waals surface area contributed by atoms with Gasteiger partial charge in [0.1, 0.15) is 6.67 Å². The average Bonchev–Trinajstić information content (AvgIpc) is 2.95. The van der Waals surface area contributed by atoms with Crippen molar-refractivity contribution in [3.63, 3.8) is 0 Å². The summed E-state index contributed by atoms with van der Waals surface area (Å²) in [5.74, 6) is -1.79. The van der Waals surface area contributed by atoms with E-state index in [-0.39, 0.29) is 0 Å². The van der Waals surface area contributed by atoms with Crippen LogP contribution >= 0.6 is 11.6 Å². The zero-order chi connectivity index (χ0) is 15.5. The lowest BCUT2D eigenvalue weighted by Crippen LogP contribution is -2.50. The van der Waals surface area contributed by atoms with Gasteiger partial charge in [-0.1, -0.05) is 36.6 Å². The number of carbonyl (C=O) groups is 2. The van der Waals surface area contributed by atoms with E-state index in [0.29, 0.717) is 17.9 Å². The number of nitrogens with one attached hydrogen (secondary N) is 1. The number of amides is 1. The van der Waals surface area contributed by atoms with E-state index < -0.39 is 30.0 Å². The van der Waals surface area contributed by atoms with E-state index in [0.717, 1.165) is 18.4 Å². The molecule has 1 atom stereocenters. The highest BCUT2D eigenvalue weighted by Crippen LogP contribution is 2.41. The fourth-order valence-electron chi connectivity index (χ4n) is 2.86. The summed E-state index contributed by atoms with van der Waals surface area (Å²) in [5.41, 5.74) is 0.0119. The predicted molar refractivity (Wildman–Crippen MR) is 77.1 cm³/mol. The van der Waals surface area contributed by atoms with Crippen LogP contribution in [-0.4, -0.2) is 29.7 Å². The maximum absolute atomic E-state index is 12.7. The summed E-state index contributed by atoms with van der Waals surface area (Å²) >= 11 is 5.86. The highest BCUT2D eigenvalue weighted by Gasteiger charge is 2.43. The number of carboxylic acids is 1. The number of aliphatic carboxylic acids is 1. The number of rotatable bonds is 5. The number of hydrogen-bond acceptors (Lipinski definition) is 2. The van der Waals surface area contributed by atoms with Crippen LogP contribution in [0.1, 0.15) is 31.2 Å². The number of hydrogen-bond donors (Lipinski definition) is 2. The zero-order valence-corrected chi connectivity index (χ0v) is 12.2. The summed E-state index contributed by atoms with van der Waals surface area (Å²) in [7, 11) is 0. The Hall–Kier alpha value is -1.62. The van der Waals surface area contributed by atoms with Crippen LogP contribution in [0.25, 0.3) is 0 Å². The molecule has 4 nitrogen and oxygen atoms in total. The second kappa shape index (κ2) is 6.43. The van der Waals surface area contributed by atoms with Crippen molar-refractivity contribution in [3.8, 4) is 0 Å². The van der Waals surface area contributed by atoms with Crippen molar-refractivity contribution in [1.82, 2.24) is 5.32 Å². The molecular formula is C15H17ClFNO3. The van der Waals surface area contributed by atoms with Crippen LogP contribution in [0.3, 0.4) is 0 Å². The molecule has 0 saturated heterocycles. The molecule has 0 aliphatic heterocycles. The number of halogens is 2. The second-order valence-corrected chi connectivity index (χ2v) is 5.75. The first kappa shape index (κ1) is 15.8. The Morgan fingerprint density at radius 3 is 2.33 bits per heavy atom. The minimum atomic E-state index is -1.50. The molecule has 2 N–H and O–H groups in total. The molecule has 1 saturated carbocycles. The number of carbonyl (C=O) groups excluding carboxylic acids is 1. The Balaban J connectivity index is 2.27. The van der Waals surface area contributed by atoms with Crippen LogP contribution in [0.15, 0.2) is 24.3 Å². The van der Waals surface area contributed by atoms with Crippen LogP contribution in [0, 0.1) is 0 Å². The zero-order valence-electron chi connectivity index (χ0n) is 11.4.